The Morgan fingerprint density at radius 1 is 0.911 bits per heavy atom. The number of aliphatic imine (C=N–C) groups is 1. The van der Waals surface area contributed by atoms with E-state index in [-0.39, 0.29) is 11.5 Å². The first-order valence-corrected chi connectivity index (χ1v) is 18.7. The van der Waals surface area contributed by atoms with E-state index in [0.717, 1.165) is 23.7 Å². The molecule has 1 N–H and O–H groups in total. The molecule has 2 saturated heterocycles. The van der Waals surface area contributed by atoms with Crippen LogP contribution in [-0.2, 0) is 4.74 Å². The zero-order valence-electron chi connectivity index (χ0n) is 26.5. The number of imidazole rings is 1. The molecule has 1 unspecified atom stereocenters. The highest BCUT2D eigenvalue weighted by molar-refractivity contribution is 8.00. The van der Waals surface area contributed by atoms with Crippen molar-refractivity contribution in [2.75, 3.05) is 18.1 Å². The molecule has 8 heteroatoms. The van der Waals surface area contributed by atoms with Gasteiger partial charge in [-0.25, -0.2) is 9.78 Å². The maximum absolute atomic E-state index is 12.9. The number of rotatable bonds is 5. The number of H-pyrrole nitrogens is 1. The molecule has 0 spiro atoms. The van der Waals surface area contributed by atoms with Crippen molar-refractivity contribution in [2.24, 2.45) is 4.99 Å². The van der Waals surface area contributed by atoms with Gasteiger partial charge in [0, 0.05) is 30.5 Å². The summed E-state index contributed by atoms with van der Waals surface area (Å²) in [6.07, 6.45) is 12.3. The van der Waals surface area contributed by atoms with E-state index >= 15 is 0 Å². The van der Waals surface area contributed by atoms with E-state index in [1.165, 1.54) is 77.8 Å². The second kappa shape index (κ2) is 11.7. The van der Waals surface area contributed by atoms with E-state index in [0.29, 0.717) is 23.6 Å². The standard InChI is InChI=1S/C37H42N4O2S2/c1-37(2,3)43-36(42)41-16-18-45-35(41)29-19-26(20-38-29)22-6-8-23(9-7-22)27-14-15-28(33-25-12-10-24(11-13-25)32(27)33)30-21-39-34(40-30)31-5-4-17-44-31/h6-9,14-15,20-21,24-25,31,35H,4-5,10-13,16-19H2,1-3H3,(H,39,40)/t24?,25?,31?,35-/m0/s1. The Hall–Kier alpha value is -2.97. The van der Waals surface area contributed by atoms with E-state index in [2.05, 4.69) is 47.6 Å². The second-order valence-electron chi connectivity index (χ2n) is 14.1. The molecule has 6 aliphatic rings. The van der Waals surface area contributed by atoms with Gasteiger partial charge in [0.05, 0.1) is 22.9 Å². The SMILES string of the molecule is CC(C)(C)OC(=O)N1CCS[C@H]1C1=NC=C(c2ccc(-c3ccc(-c4cnc(C5CCCS5)[nH]4)c4c3C3CCC4CC3)cc2)C1. The fraction of sp³-hybridized carbons (Fsp3) is 0.486. The van der Waals surface area contributed by atoms with Crippen LogP contribution in [0.5, 0.6) is 0 Å². The Morgan fingerprint density at radius 3 is 2.33 bits per heavy atom. The van der Waals surface area contributed by atoms with Crippen molar-refractivity contribution in [3.63, 3.8) is 0 Å². The number of thioether (sulfide) groups is 2. The Balaban J connectivity index is 1.03. The van der Waals surface area contributed by atoms with Crippen LogP contribution in [0.2, 0.25) is 0 Å². The third-order valence-corrected chi connectivity index (χ3v) is 12.7. The minimum Gasteiger partial charge on any atom is -0.444 e. The summed E-state index contributed by atoms with van der Waals surface area (Å²) in [5, 5.41) is 0.456. The summed E-state index contributed by atoms with van der Waals surface area (Å²) in [5.74, 6) is 4.57. The van der Waals surface area contributed by atoms with Crippen LogP contribution in [0.15, 0.2) is 53.8 Å². The number of ether oxygens (including phenoxy) is 1. The normalized spacial score (nSPS) is 25.8. The summed E-state index contributed by atoms with van der Waals surface area (Å²) >= 11 is 3.82. The number of fused-ring (bicyclic) bond motifs is 2. The number of hydrogen-bond acceptors (Lipinski definition) is 6. The molecular formula is C37H42N4O2S2. The number of carbonyl (C=O) groups excluding carboxylic acids is 1. The second-order valence-corrected chi connectivity index (χ2v) is 16.6. The molecule has 2 atom stereocenters. The van der Waals surface area contributed by atoms with E-state index in [1.807, 2.05) is 43.6 Å². The van der Waals surface area contributed by atoms with Gasteiger partial charge in [-0.05, 0) is 110 Å². The van der Waals surface area contributed by atoms with Gasteiger partial charge in [0.2, 0.25) is 0 Å². The lowest BCUT2D eigenvalue weighted by Gasteiger charge is -2.41. The highest BCUT2D eigenvalue weighted by Gasteiger charge is 2.38. The molecule has 2 bridgehead atoms. The molecule has 1 amide bonds. The van der Waals surface area contributed by atoms with Gasteiger partial charge >= 0.3 is 6.09 Å². The van der Waals surface area contributed by atoms with Crippen LogP contribution in [0.4, 0.5) is 4.79 Å². The van der Waals surface area contributed by atoms with E-state index in [9.17, 15) is 4.79 Å². The van der Waals surface area contributed by atoms with Gasteiger partial charge in [-0.2, -0.15) is 11.8 Å². The zero-order valence-corrected chi connectivity index (χ0v) is 28.1. The first kappa shape index (κ1) is 29.4. The smallest absolute Gasteiger partial charge is 0.411 e. The summed E-state index contributed by atoms with van der Waals surface area (Å²) in [5.41, 5.74) is 11.4. The molecule has 45 heavy (non-hydrogen) atoms. The average Bonchev–Trinajstić information content (AvgIpc) is 3.87. The fourth-order valence-corrected chi connectivity index (χ4v) is 10.5. The van der Waals surface area contributed by atoms with Crippen molar-refractivity contribution in [1.29, 1.82) is 0 Å². The Labute approximate surface area is 274 Å². The lowest BCUT2D eigenvalue weighted by molar-refractivity contribution is 0.0284. The van der Waals surface area contributed by atoms with E-state index in [4.69, 9.17) is 14.7 Å². The van der Waals surface area contributed by atoms with Gasteiger partial charge in [0.15, 0.2) is 0 Å². The van der Waals surface area contributed by atoms with Crippen molar-refractivity contribution in [3.05, 3.63) is 71.3 Å². The third kappa shape index (κ3) is 5.56. The number of hydrogen-bond donors (Lipinski definition) is 1. The summed E-state index contributed by atoms with van der Waals surface area (Å²) in [4.78, 5) is 28.1. The number of benzene rings is 2. The van der Waals surface area contributed by atoms with Gasteiger partial charge in [0.25, 0.3) is 0 Å². The summed E-state index contributed by atoms with van der Waals surface area (Å²) in [6, 6.07) is 13.8. The number of nitrogens with zero attached hydrogens (tertiary/aromatic N) is 3. The molecule has 3 fully saturated rings. The molecule has 3 aromatic rings. The van der Waals surface area contributed by atoms with Crippen LogP contribution in [-0.4, -0.2) is 55.7 Å². The molecule has 9 rings (SSSR count). The van der Waals surface area contributed by atoms with E-state index < -0.39 is 5.60 Å². The number of amides is 1. The molecule has 1 saturated carbocycles. The van der Waals surface area contributed by atoms with Crippen LogP contribution in [0.1, 0.15) is 105 Å². The predicted molar refractivity (Wildman–Crippen MR) is 187 cm³/mol. The molecular weight excluding hydrogens is 597 g/mol. The lowest BCUT2D eigenvalue weighted by atomic mass is 9.64. The molecule has 3 aliphatic heterocycles. The van der Waals surface area contributed by atoms with Gasteiger partial charge in [-0.15, -0.1) is 11.8 Å². The Bertz CT molecular complexity index is 1670. The minimum absolute atomic E-state index is 0.0591. The Kier molecular flexibility index (Phi) is 7.64. The van der Waals surface area contributed by atoms with Crippen LogP contribution >= 0.6 is 23.5 Å². The van der Waals surface area contributed by atoms with E-state index in [1.54, 1.807) is 22.9 Å². The number of nitrogens with one attached hydrogen (secondary N) is 1. The first-order valence-electron chi connectivity index (χ1n) is 16.6. The highest BCUT2D eigenvalue weighted by Crippen LogP contribution is 2.55. The quantitative estimate of drug-likeness (QED) is 0.301. The third-order valence-electron chi connectivity index (χ3n) is 10.1. The fourth-order valence-electron chi connectivity index (χ4n) is 8.00. The van der Waals surface area contributed by atoms with Gasteiger partial charge in [0.1, 0.15) is 16.8 Å². The predicted octanol–water partition coefficient (Wildman–Crippen LogP) is 9.56. The monoisotopic (exact) mass is 638 g/mol. The summed E-state index contributed by atoms with van der Waals surface area (Å²) in [6.45, 7) is 6.44. The number of allylic oxidation sites excluding steroid dienone is 1. The average molecular weight is 639 g/mol. The van der Waals surface area contributed by atoms with Gasteiger partial charge in [-0.3, -0.25) is 9.89 Å². The first-order chi connectivity index (χ1) is 21.8. The topological polar surface area (TPSA) is 70.6 Å². The molecule has 3 aliphatic carbocycles. The van der Waals surface area contributed by atoms with Gasteiger partial charge < -0.3 is 9.72 Å². The molecule has 234 valence electrons. The molecule has 0 radical (unpaired) electrons. The summed E-state index contributed by atoms with van der Waals surface area (Å²) in [7, 11) is 0. The van der Waals surface area contributed by atoms with Gasteiger partial charge in [-0.1, -0.05) is 36.4 Å². The molecule has 1 aromatic heterocycles. The van der Waals surface area contributed by atoms with Crippen LogP contribution in [0, 0.1) is 0 Å². The van der Waals surface area contributed by atoms with Crippen molar-refractivity contribution >= 4 is 40.9 Å². The highest BCUT2D eigenvalue weighted by atomic mass is 32.2. The van der Waals surface area contributed by atoms with Crippen molar-refractivity contribution in [3.8, 4) is 22.4 Å². The molecule has 4 heterocycles. The minimum atomic E-state index is -0.506. The maximum atomic E-state index is 12.9. The Morgan fingerprint density at radius 2 is 1.62 bits per heavy atom. The van der Waals surface area contributed by atoms with Crippen molar-refractivity contribution in [2.45, 2.75) is 93.8 Å². The van der Waals surface area contributed by atoms with Crippen LogP contribution in [0.3, 0.4) is 0 Å². The maximum Gasteiger partial charge on any atom is 0.411 e. The number of aromatic amines is 1. The van der Waals surface area contributed by atoms with Crippen molar-refractivity contribution in [1.82, 2.24) is 14.9 Å². The number of aromatic nitrogens is 2. The van der Waals surface area contributed by atoms with Crippen molar-refractivity contribution < 1.29 is 9.53 Å². The zero-order chi connectivity index (χ0) is 30.7. The summed E-state index contributed by atoms with van der Waals surface area (Å²) < 4.78 is 5.69. The lowest BCUT2D eigenvalue weighted by Crippen LogP contribution is -2.42. The molecule has 2 aromatic carbocycles. The number of carbonyl (C=O) groups is 1. The largest absolute Gasteiger partial charge is 0.444 e. The van der Waals surface area contributed by atoms with Crippen LogP contribution < -0.4 is 0 Å². The molecule has 6 nitrogen and oxygen atoms in total. The van der Waals surface area contributed by atoms with Crippen LogP contribution in [0.25, 0.3) is 28.0 Å².